The summed E-state index contributed by atoms with van der Waals surface area (Å²) in [6.07, 6.45) is -2.74. The molecule has 0 radical (unpaired) electrons. The van der Waals surface area contributed by atoms with Gasteiger partial charge in [0.1, 0.15) is 17.7 Å². The summed E-state index contributed by atoms with van der Waals surface area (Å²) < 4.78 is 35.7. The molecule has 0 aliphatic carbocycles. The molecular formula is C27H41NO11. The second kappa shape index (κ2) is 16.4. The monoisotopic (exact) mass is 555 g/mol. The Morgan fingerprint density at radius 3 is 1.92 bits per heavy atom. The number of hydrogen-bond donors (Lipinski definition) is 1. The molecule has 0 spiro atoms. The lowest BCUT2D eigenvalue weighted by Gasteiger charge is -2.26. The van der Waals surface area contributed by atoms with Crippen LogP contribution in [0.25, 0.3) is 0 Å². The Morgan fingerprint density at radius 1 is 0.846 bits per heavy atom. The van der Waals surface area contributed by atoms with Crippen molar-refractivity contribution in [3.63, 3.8) is 0 Å². The van der Waals surface area contributed by atoms with E-state index >= 15 is 0 Å². The van der Waals surface area contributed by atoms with Crippen molar-refractivity contribution in [3.8, 4) is 11.5 Å². The van der Waals surface area contributed by atoms with Gasteiger partial charge in [-0.2, -0.15) is 0 Å². The third kappa shape index (κ3) is 12.2. The summed E-state index contributed by atoms with van der Waals surface area (Å²) in [6.45, 7) is 10.8. The molecule has 1 aromatic carbocycles. The molecule has 0 saturated heterocycles. The zero-order chi connectivity index (χ0) is 29.6. The van der Waals surface area contributed by atoms with Crippen LogP contribution in [-0.2, 0) is 34.9 Å². The highest BCUT2D eigenvalue weighted by Gasteiger charge is 2.36. The summed E-state index contributed by atoms with van der Waals surface area (Å²) in [5.41, 5.74) is 5.19. The lowest BCUT2D eigenvalue weighted by Crippen LogP contribution is -2.51. The Kier molecular flexibility index (Phi) is 14.1. The highest BCUT2D eigenvalue weighted by molar-refractivity contribution is 5.81. The van der Waals surface area contributed by atoms with E-state index in [1.54, 1.807) is 13.8 Å². The number of rotatable bonds is 14. The van der Waals surface area contributed by atoms with E-state index in [-0.39, 0.29) is 49.6 Å². The first kappa shape index (κ1) is 33.5. The first-order valence-electron chi connectivity index (χ1n) is 12.9. The molecule has 220 valence electrons. The van der Waals surface area contributed by atoms with Crippen LogP contribution in [0.2, 0.25) is 0 Å². The van der Waals surface area contributed by atoms with Gasteiger partial charge in [-0.3, -0.25) is 4.79 Å². The fourth-order valence-corrected chi connectivity index (χ4v) is 2.97. The van der Waals surface area contributed by atoms with Crippen molar-refractivity contribution in [1.29, 1.82) is 0 Å². The van der Waals surface area contributed by atoms with Crippen molar-refractivity contribution >= 4 is 24.4 Å². The van der Waals surface area contributed by atoms with Crippen LogP contribution < -0.4 is 15.2 Å². The molecule has 0 heterocycles. The Morgan fingerprint density at radius 2 is 1.41 bits per heavy atom. The number of ether oxygens (including phenoxy) is 7. The summed E-state index contributed by atoms with van der Waals surface area (Å²) in [4.78, 5) is 48.9. The number of carbonyl (C=O) groups excluding carboxylic acids is 4. The minimum Gasteiger partial charge on any atom is -0.468 e. The molecule has 1 aromatic rings. The van der Waals surface area contributed by atoms with E-state index in [2.05, 4.69) is 0 Å². The summed E-state index contributed by atoms with van der Waals surface area (Å²) in [7, 11) is 1.18. The average molecular weight is 556 g/mol. The second-order valence-electron chi connectivity index (χ2n) is 9.54. The molecular weight excluding hydrogens is 514 g/mol. The SMILES string of the molecule is CCC(C)OC(=O)Oc1cc(C[C@](N)(CCOC(=O)OCC(C)C)C(=O)OC)ccc1OC(=O)O[C@@H](C)CC. The molecule has 0 bridgehead atoms. The van der Waals surface area contributed by atoms with Crippen LogP contribution in [0, 0.1) is 5.92 Å². The molecule has 0 fully saturated rings. The van der Waals surface area contributed by atoms with Crippen LogP contribution in [0.15, 0.2) is 18.2 Å². The smallest absolute Gasteiger partial charge is 0.468 e. The maximum atomic E-state index is 12.6. The van der Waals surface area contributed by atoms with Gasteiger partial charge in [0.25, 0.3) is 0 Å². The minimum atomic E-state index is -1.61. The van der Waals surface area contributed by atoms with Gasteiger partial charge in [-0.1, -0.05) is 33.8 Å². The molecule has 3 atom stereocenters. The van der Waals surface area contributed by atoms with E-state index in [4.69, 9.17) is 38.9 Å². The van der Waals surface area contributed by atoms with Crippen LogP contribution in [0.1, 0.15) is 66.4 Å². The van der Waals surface area contributed by atoms with Crippen LogP contribution in [0.3, 0.4) is 0 Å². The predicted molar refractivity (Wildman–Crippen MR) is 140 cm³/mol. The summed E-state index contributed by atoms with van der Waals surface area (Å²) >= 11 is 0. The Bertz CT molecular complexity index is 965. The van der Waals surface area contributed by atoms with Gasteiger partial charge in [0.2, 0.25) is 0 Å². The van der Waals surface area contributed by atoms with E-state index in [1.807, 2.05) is 27.7 Å². The number of hydrogen-bond acceptors (Lipinski definition) is 12. The molecule has 12 nitrogen and oxygen atoms in total. The van der Waals surface area contributed by atoms with Gasteiger partial charge < -0.3 is 38.9 Å². The van der Waals surface area contributed by atoms with Crippen molar-refractivity contribution < 1.29 is 52.3 Å². The number of esters is 1. The van der Waals surface area contributed by atoms with Crippen molar-refractivity contribution in [2.75, 3.05) is 20.3 Å². The normalized spacial score (nSPS) is 13.9. The predicted octanol–water partition coefficient (Wildman–Crippen LogP) is 4.93. The van der Waals surface area contributed by atoms with E-state index in [0.717, 1.165) is 0 Å². The Balaban J connectivity index is 3.14. The third-order valence-electron chi connectivity index (χ3n) is 5.55. The van der Waals surface area contributed by atoms with Crippen LogP contribution in [0.4, 0.5) is 14.4 Å². The highest BCUT2D eigenvalue weighted by Crippen LogP contribution is 2.31. The maximum absolute atomic E-state index is 12.6. The van der Waals surface area contributed by atoms with Crippen molar-refractivity contribution in [3.05, 3.63) is 23.8 Å². The van der Waals surface area contributed by atoms with Crippen molar-refractivity contribution in [2.24, 2.45) is 11.7 Å². The maximum Gasteiger partial charge on any atom is 0.514 e. The van der Waals surface area contributed by atoms with E-state index < -0.39 is 36.1 Å². The van der Waals surface area contributed by atoms with Crippen LogP contribution in [0.5, 0.6) is 11.5 Å². The first-order valence-corrected chi connectivity index (χ1v) is 12.9. The number of carbonyl (C=O) groups is 4. The Labute approximate surface area is 229 Å². The van der Waals surface area contributed by atoms with Crippen molar-refractivity contribution in [1.82, 2.24) is 0 Å². The topological polar surface area (TPSA) is 159 Å². The van der Waals surface area contributed by atoms with Crippen LogP contribution >= 0.6 is 0 Å². The van der Waals surface area contributed by atoms with Gasteiger partial charge >= 0.3 is 24.4 Å². The zero-order valence-corrected chi connectivity index (χ0v) is 23.8. The van der Waals surface area contributed by atoms with Gasteiger partial charge in [0, 0.05) is 12.8 Å². The summed E-state index contributed by atoms with van der Waals surface area (Å²) in [5, 5.41) is 0. The molecule has 0 amide bonds. The molecule has 1 rings (SSSR count). The number of nitrogens with two attached hydrogens (primary N) is 1. The molecule has 2 N–H and O–H groups in total. The lowest BCUT2D eigenvalue weighted by molar-refractivity contribution is -0.147. The molecule has 0 aliphatic rings. The lowest BCUT2D eigenvalue weighted by atomic mass is 9.88. The first-order chi connectivity index (χ1) is 18.3. The van der Waals surface area contributed by atoms with Gasteiger partial charge in [-0.15, -0.1) is 0 Å². The van der Waals surface area contributed by atoms with E-state index in [0.29, 0.717) is 18.4 Å². The minimum absolute atomic E-state index is 0.0951. The average Bonchev–Trinajstić information content (AvgIpc) is 2.87. The van der Waals surface area contributed by atoms with Gasteiger partial charge in [0.15, 0.2) is 11.5 Å². The van der Waals surface area contributed by atoms with Gasteiger partial charge in [0.05, 0.1) is 20.3 Å². The summed E-state index contributed by atoms with van der Waals surface area (Å²) in [6, 6.07) is 4.28. The highest BCUT2D eigenvalue weighted by atomic mass is 16.8. The molecule has 0 aliphatic heterocycles. The Hall–Kier alpha value is -3.54. The standard InChI is InChI=1S/C27H41NO11/c1-8-18(5)36-25(31)38-21-11-10-20(14-22(21)39-26(32)37-19(6)9-2)15-27(28,23(29)33-7)12-13-34-24(30)35-16-17(3)4/h10-11,14,17-19H,8-9,12-13,15-16,28H2,1-7H3/t18-,19?,27+/m0/s1. The van der Waals surface area contributed by atoms with E-state index in [1.165, 1.54) is 25.3 Å². The molecule has 0 saturated carbocycles. The quantitative estimate of drug-likeness (QED) is 0.188. The third-order valence-corrected chi connectivity index (χ3v) is 5.55. The molecule has 12 heteroatoms. The largest absolute Gasteiger partial charge is 0.514 e. The molecule has 39 heavy (non-hydrogen) atoms. The fourth-order valence-electron chi connectivity index (χ4n) is 2.97. The second-order valence-corrected chi connectivity index (χ2v) is 9.54. The van der Waals surface area contributed by atoms with Gasteiger partial charge in [-0.25, -0.2) is 14.4 Å². The number of methoxy groups -OCH3 is 1. The molecule has 1 unspecified atom stereocenters. The number of benzene rings is 1. The zero-order valence-electron chi connectivity index (χ0n) is 23.8. The van der Waals surface area contributed by atoms with Crippen LogP contribution in [-0.4, -0.2) is 62.5 Å². The summed E-state index contributed by atoms with van der Waals surface area (Å²) in [5.74, 6) is -0.880. The van der Waals surface area contributed by atoms with Gasteiger partial charge in [-0.05, 0) is 50.3 Å². The van der Waals surface area contributed by atoms with Crippen molar-refractivity contribution in [2.45, 2.75) is 85.0 Å². The molecule has 0 aromatic heterocycles. The fraction of sp³-hybridized carbons (Fsp3) is 0.630. The van der Waals surface area contributed by atoms with E-state index in [9.17, 15) is 19.2 Å².